The minimum atomic E-state index is -4.52. The molecule has 3 aromatic carbocycles. The maximum Gasteiger partial charge on any atom is 0.417 e. The predicted octanol–water partition coefficient (Wildman–Crippen LogP) is 5.33. The molecule has 0 radical (unpaired) electrons. The quantitative estimate of drug-likeness (QED) is 0.353. The van der Waals surface area contributed by atoms with Gasteiger partial charge in [-0.3, -0.25) is 9.36 Å². The summed E-state index contributed by atoms with van der Waals surface area (Å²) in [6, 6.07) is 18.1. The van der Waals surface area contributed by atoms with E-state index in [0.29, 0.717) is 22.4 Å². The Bertz CT molecular complexity index is 1620. The van der Waals surface area contributed by atoms with E-state index in [1.165, 1.54) is 33.6 Å². The SMILES string of the molecule is Cc1ccccc1-n1c(Cn2cc(-c3ccccc3C(F)(F)F)nn2)nc2cccc(C)c2c1=O. The van der Waals surface area contributed by atoms with Crippen LogP contribution in [-0.2, 0) is 12.7 Å². The molecule has 35 heavy (non-hydrogen) atoms. The Balaban J connectivity index is 1.65. The maximum atomic E-state index is 13.6. The van der Waals surface area contributed by atoms with Gasteiger partial charge in [0, 0.05) is 5.56 Å². The van der Waals surface area contributed by atoms with Crippen LogP contribution in [0.25, 0.3) is 27.8 Å². The van der Waals surface area contributed by atoms with E-state index in [1.807, 2.05) is 50.2 Å². The zero-order chi connectivity index (χ0) is 24.7. The first-order valence-corrected chi connectivity index (χ1v) is 10.9. The second-order valence-corrected chi connectivity index (χ2v) is 8.27. The lowest BCUT2D eigenvalue weighted by Gasteiger charge is -2.16. The van der Waals surface area contributed by atoms with E-state index in [2.05, 4.69) is 10.3 Å². The average molecular weight is 475 g/mol. The molecular formula is C26H20F3N5O. The first-order valence-electron chi connectivity index (χ1n) is 10.9. The van der Waals surface area contributed by atoms with Gasteiger partial charge in [-0.25, -0.2) is 9.67 Å². The molecule has 176 valence electrons. The predicted molar refractivity (Wildman–Crippen MR) is 126 cm³/mol. The smallest absolute Gasteiger partial charge is 0.268 e. The Morgan fingerprint density at radius 2 is 1.60 bits per heavy atom. The van der Waals surface area contributed by atoms with Crippen molar-refractivity contribution in [2.45, 2.75) is 26.6 Å². The monoisotopic (exact) mass is 475 g/mol. The van der Waals surface area contributed by atoms with Crippen molar-refractivity contribution in [2.24, 2.45) is 0 Å². The van der Waals surface area contributed by atoms with Crippen LogP contribution in [0, 0.1) is 13.8 Å². The normalized spacial score (nSPS) is 11.8. The second kappa shape index (κ2) is 8.50. The molecule has 6 nitrogen and oxygen atoms in total. The molecule has 2 aromatic heterocycles. The highest BCUT2D eigenvalue weighted by atomic mass is 19.4. The van der Waals surface area contributed by atoms with Gasteiger partial charge >= 0.3 is 6.18 Å². The number of para-hydroxylation sites is 1. The number of hydrogen-bond donors (Lipinski definition) is 0. The molecule has 0 saturated carbocycles. The Morgan fingerprint density at radius 1 is 0.886 bits per heavy atom. The molecule has 5 rings (SSSR count). The lowest BCUT2D eigenvalue weighted by molar-refractivity contribution is -0.137. The largest absolute Gasteiger partial charge is 0.417 e. The van der Waals surface area contributed by atoms with Gasteiger partial charge in [0.15, 0.2) is 0 Å². The first kappa shape index (κ1) is 22.5. The maximum absolute atomic E-state index is 13.6. The van der Waals surface area contributed by atoms with Crippen LogP contribution < -0.4 is 5.56 Å². The summed E-state index contributed by atoms with van der Waals surface area (Å²) >= 11 is 0. The Kier molecular flexibility index (Phi) is 5.47. The summed E-state index contributed by atoms with van der Waals surface area (Å²) < 4.78 is 43.4. The molecule has 0 aliphatic carbocycles. The summed E-state index contributed by atoms with van der Waals surface area (Å²) in [7, 11) is 0. The summed E-state index contributed by atoms with van der Waals surface area (Å²) in [6.07, 6.45) is -3.09. The number of hydrogen-bond acceptors (Lipinski definition) is 4. The zero-order valence-corrected chi connectivity index (χ0v) is 18.9. The highest BCUT2D eigenvalue weighted by molar-refractivity contribution is 5.81. The Morgan fingerprint density at radius 3 is 2.37 bits per heavy atom. The van der Waals surface area contributed by atoms with E-state index < -0.39 is 11.7 Å². The molecular weight excluding hydrogens is 455 g/mol. The van der Waals surface area contributed by atoms with Crippen molar-refractivity contribution in [3.8, 4) is 16.9 Å². The van der Waals surface area contributed by atoms with Crippen molar-refractivity contribution in [3.05, 3.63) is 106 Å². The van der Waals surface area contributed by atoms with Gasteiger partial charge in [0.05, 0.1) is 28.4 Å². The fourth-order valence-corrected chi connectivity index (χ4v) is 4.21. The highest BCUT2D eigenvalue weighted by Crippen LogP contribution is 2.36. The molecule has 0 N–H and O–H groups in total. The molecule has 0 fully saturated rings. The van der Waals surface area contributed by atoms with Crippen molar-refractivity contribution in [1.29, 1.82) is 0 Å². The van der Waals surface area contributed by atoms with Crippen LogP contribution in [0.3, 0.4) is 0 Å². The van der Waals surface area contributed by atoms with Crippen LogP contribution >= 0.6 is 0 Å². The van der Waals surface area contributed by atoms with Gasteiger partial charge in [-0.1, -0.05) is 53.7 Å². The molecule has 0 amide bonds. The van der Waals surface area contributed by atoms with Gasteiger partial charge in [-0.15, -0.1) is 5.10 Å². The fourth-order valence-electron chi connectivity index (χ4n) is 4.21. The van der Waals surface area contributed by atoms with Crippen molar-refractivity contribution in [3.63, 3.8) is 0 Å². The number of alkyl halides is 3. The Hall–Kier alpha value is -4.27. The third-order valence-electron chi connectivity index (χ3n) is 5.88. The Labute approximate surface area is 198 Å². The molecule has 0 spiro atoms. The van der Waals surface area contributed by atoms with Crippen LogP contribution in [0.5, 0.6) is 0 Å². The van der Waals surface area contributed by atoms with Gasteiger partial charge in [-0.2, -0.15) is 13.2 Å². The molecule has 2 heterocycles. The number of rotatable bonds is 4. The van der Waals surface area contributed by atoms with E-state index in [-0.39, 0.29) is 23.4 Å². The van der Waals surface area contributed by atoms with E-state index in [1.54, 1.807) is 6.07 Å². The van der Waals surface area contributed by atoms with Gasteiger partial charge < -0.3 is 0 Å². The molecule has 0 bridgehead atoms. The number of aromatic nitrogens is 5. The van der Waals surface area contributed by atoms with Crippen molar-refractivity contribution in [1.82, 2.24) is 24.5 Å². The van der Waals surface area contributed by atoms with E-state index in [9.17, 15) is 18.0 Å². The molecule has 0 unspecified atom stereocenters. The van der Waals surface area contributed by atoms with Crippen molar-refractivity contribution < 1.29 is 13.2 Å². The van der Waals surface area contributed by atoms with Gasteiger partial charge in [0.25, 0.3) is 5.56 Å². The van der Waals surface area contributed by atoms with Crippen LogP contribution in [-0.4, -0.2) is 24.5 Å². The summed E-state index contributed by atoms with van der Waals surface area (Å²) in [5.41, 5.74) is 1.91. The molecule has 0 aliphatic rings. The van der Waals surface area contributed by atoms with Crippen LogP contribution in [0.2, 0.25) is 0 Å². The average Bonchev–Trinajstić information content (AvgIpc) is 3.28. The van der Waals surface area contributed by atoms with Crippen LogP contribution in [0.15, 0.2) is 77.7 Å². The third-order valence-corrected chi connectivity index (χ3v) is 5.88. The summed E-state index contributed by atoms with van der Waals surface area (Å²) in [4.78, 5) is 18.4. The molecule has 5 aromatic rings. The van der Waals surface area contributed by atoms with Gasteiger partial charge in [0.2, 0.25) is 0 Å². The molecule has 9 heteroatoms. The van der Waals surface area contributed by atoms with Gasteiger partial charge in [0.1, 0.15) is 18.1 Å². The van der Waals surface area contributed by atoms with Crippen LogP contribution in [0.4, 0.5) is 13.2 Å². The summed E-state index contributed by atoms with van der Waals surface area (Å²) in [5, 5.41) is 8.52. The standard InChI is InChI=1S/C26H20F3N5O/c1-16-8-3-6-13-22(16)34-23(30-20-12-7-9-17(2)24(20)25(34)35)15-33-14-21(31-32-33)18-10-4-5-11-19(18)26(27,28)29/h3-14H,15H2,1-2H3. The minimum absolute atomic E-state index is 0.0364. The number of halogens is 3. The third kappa shape index (κ3) is 4.09. The van der Waals surface area contributed by atoms with Crippen molar-refractivity contribution >= 4 is 10.9 Å². The second-order valence-electron chi connectivity index (χ2n) is 8.27. The number of nitrogens with zero attached hydrogens (tertiary/aromatic N) is 5. The number of benzene rings is 3. The van der Waals surface area contributed by atoms with Crippen molar-refractivity contribution in [2.75, 3.05) is 0 Å². The van der Waals surface area contributed by atoms with Gasteiger partial charge in [-0.05, 0) is 43.2 Å². The fraction of sp³-hybridized carbons (Fsp3) is 0.154. The number of aryl methyl sites for hydroxylation is 2. The topological polar surface area (TPSA) is 65.6 Å². The summed E-state index contributed by atoms with van der Waals surface area (Å²) in [6.45, 7) is 3.79. The lowest BCUT2D eigenvalue weighted by Crippen LogP contribution is -2.26. The van der Waals surface area contributed by atoms with E-state index in [0.717, 1.165) is 17.2 Å². The molecule has 0 atom stereocenters. The highest BCUT2D eigenvalue weighted by Gasteiger charge is 2.34. The van der Waals surface area contributed by atoms with E-state index in [4.69, 9.17) is 4.98 Å². The molecule has 0 saturated heterocycles. The summed E-state index contributed by atoms with van der Waals surface area (Å²) in [5.74, 6) is 0.392. The van der Waals surface area contributed by atoms with Crippen LogP contribution in [0.1, 0.15) is 22.5 Å². The lowest BCUT2D eigenvalue weighted by atomic mass is 10.1. The zero-order valence-electron chi connectivity index (χ0n) is 18.9. The minimum Gasteiger partial charge on any atom is -0.268 e. The molecule has 0 aliphatic heterocycles. The van der Waals surface area contributed by atoms with E-state index >= 15 is 0 Å². The first-order chi connectivity index (χ1) is 16.7. The number of fused-ring (bicyclic) bond motifs is 1.